The fraction of sp³-hybridized carbons (Fsp3) is 0.273. The number of aryl methyl sites for hydroxylation is 1. The lowest BCUT2D eigenvalue weighted by molar-refractivity contribution is 0.579. The molecule has 8 heteroatoms. The van der Waals surface area contributed by atoms with E-state index >= 15 is 0 Å². The van der Waals surface area contributed by atoms with Crippen molar-refractivity contribution in [1.29, 1.82) is 0 Å². The maximum absolute atomic E-state index is 12.9. The van der Waals surface area contributed by atoms with Crippen molar-refractivity contribution < 1.29 is 12.8 Å². The first-order chi connectivity index (χ1) is 8.99. The SMILES string of the molecule is Cc1cc(F)ccc1S(=O)(=O)NCCc1ncn[nH]1. The average molecular weight is 284 g/mol. The van der Waals surface area contributed by atoms with Gasteiger partial charge in [0.05, 0.1) is 4.90 Å². The summed E-state index contributed by atoms with van der Waals surface area (Å²) in [6.07, 6.45) is 1.76. The quantitative estimate of drug-likeness (QED) is 0.849. The van der Waals surface area contributed by atoms with Gasteiger partial charge in [-0.25, -0.2) is 22.5 Å². The van der Waals surface area contributed by atoms with Crippen LogP contribution >= 0.6 is 0 Å². The van der Waals surface area contributed by atoms with Crippen molar-refractivity contribution in [2.75, 3.05) is 6.54 Å². The van der Waals surface area contributed by atoms with Gasteiger partial charge in [0, 0.05) is 13.0 Å². The van der Waals surface area contributed by atoms with Gasteiger partial charge in [-0.05, 0) is 30.7 Å². The van der Waals surface area contributed by atoms with Crippen molar-refractivity contribution in [2.24, 2.45) is 0 Å². The summed E-state index contributed by atoms with van der Waals surface area (Å²) >= 11 is 0. The van der Waals surface area contributed by atoms with Crippen LogP contribution in [-0.4, -0.2) is 30.1 Å². The average Bonchev–Trinajstić information content (AvgIpc) is 2.81. The van der Waals surface area contributed by atoms with Crippen molar-refractivity contribution >= 4 is 10.0 Å². The second-order valence-electron chi connectivity index (χ2n) is 3.99. The highest BCUT2D eigenvalue weighted by Crippen LogP contribution is 2.15. The van der Waals surface area contributed by atoms with Gasteiger partial charge in [0.25, 0.3) is 0 Å². The molecule has 2 N–H and O–H groups in total. The van der Waals surface area contributed by atoms with Gasteiger partial charge in [0.2, 0.25) is 10.0 Å². The molecular formula is C11H13FN4O2S. The van der Waals surface area contributed by atoms with E-state index in [1.165, 1.54) is 18.5 Å². The smallest absolute Gasteiger partial charge is 0.240 e. The lowest BCUT2D eigenvalue weighted by Gasteiger charge is -2.08. The molecule has 1 heterocycles. The Kier molecular flexibility index (Phi) is 3.91. The second-order valence-corrected chi connectivity index (χ2v) is 5.73. The standard InChI is InChI=1S/C11H13FN4O2S/c1-8-6-9(12)2-3-10(8)19(17,18)15-5-4-11-13-7-14-16-11/h2-3,6-7,15H,4-5H2,1H3,(H,13,14,16). The molecule has 2 aromatic rings. The highest BCUT2D eigenvalue weighted by Gasteiger charge is 2.16. The number of H-pyrrole nitrogens is 1. The molecule has 0 saturated carbocycles. The molecule has 6 nitrogen and oxygen atoms in total. The molecule has 102 valence electrons. The van der Waals surface area contributed by atoms with Gasteiger partial charge in [-0.3, -0.25) is 5.10 Å². The minimum absolute atomic E-state index is 0.0754. The van der Waals surface area contributed by atoms with Gasteiger partial charge in [0.1, 0.15) is 18.0 Å². The number of sulfonamides is 1. The van der Waals surface area contributed by atoms with Crippen LogP contribution in [0.3, 0.4) is 0 Å². The van der Waals surface area contributed by atoms with Gasteiger partial charge in [-0.15, -0.1) is 0 Å². The van der Waals surface area contributed by atoms with Gasteiger partial charge >= 0.3 is 0 Å². The molecule has 1 aromatic heterocycles. The van der Waals surface area contributed by atoms with Crippen LogP contribution in [0.2, 0.25) is 0 Å². The normalized spacial score (nSPS) is 11.7. The van der Waals surface area contributed by atoms with E-state index in [2.05, 4.69) is 19.9 Å². The Morgan fingerprint density at radius 3 is 2.84 bits per heavy atom. The molecule has 0 saturated heterocycles. The van der Waals surface area contributed by atoms with Crippen molar-refractivity contribution in [3.05, 3.63) is 41.7 Å². The molecule has 19 heavy (non-hydrogen) atoms. The molecule has 0 aliphatic carbocycles. The monoisotopic (exact) mass is 284 g/mol. The van der Waals surface area contributed by atoms with E-state index in [1.54, 1.807) is 6.92 Å². The van der Waals surface area contributed by atoms with Crippen molar-refractivity contribution in [3.63, 3.8) is 0 Å². The Balaban J connectivity index is 2.05. The Morgan fingerprint density at radius 1 is 1.42 bits per heavy atom. The summed E-state index contributed by atoms with van der Waals surface area (Å²) in [4.78, 5) is 3.96. The molecule has 0 spiro atoms. The number of hydrogen-bond acceptors (Lipinski definition) is 4. The van der Waals surface area contributed by atoms with Crippen LogP contribution in [-0.2, 0) is 16.4 Å². The molecule has 0 aliphatic heterocycles. The Morgan fingerprint density at radius 2 is 2.21 bits per heavy atom. The first-order valence-electron chi connectivity index (χ1n) is 5.59. The topological polar surface area (TPSA) is 87.7 Å². The van der Waals surface area contributed by atoms with Crippen LogP contribution in [0.25, 0.3) is 0 Å². The fourth-order valence-electron chi connectivity index (χ4n) is 1.65. The van der Waals surface area contributed by atoms with E-state index in [-0.39, 0.29) is 11.4 Å². The van der Waals surface area contributed by atoms with Gasteiger partial charge in [-0.1, -0.05) is 0 Å². The largest absolute Gasteiger partial charge is 0.263 e. The maximum Gasteiger partial charge on any atom is 0.240 e. The van der Waals surface area contributed by atoms with E-state index in [1.807, 2.05) is 0 Å². The first kappa shape index (κ1) is 13.6. The number of aromatic nitrogens is 3. The molecule has 1 aromatic carbocycles. The zero-order valence-corrected chi connectivity index (χ0v) is 11.0. The van der Waals surface area contributed by atoms with Crippen molar-refractivity contribution in [3.8, 4) is 0 Å². The van der Waals surface area contributed by atoms with Crippen molar-refractivity contribution in [1.82, 2.24) is 19.9 Å². The number of nitrogens with zero attached hydrogens (tertiary/aromatic N) is 2. The highest BCUT2D eigenvalue weighted by atomic mass is 32.2. The summed E-state index contributed by atoms with van der Waals surface area (Å²) in [5.74, 6) is 0.136. The second kappa shape index (κ2) is 5.45. The van der Waals surface area contributed by atoms with Crippen LogP contribution in [0.4, 0.5) is 4.39 Å². The first-order valence-corrected chi connectivity index (χ1v) is 7.07. The van der Waals surface area contributed by atoms with E-state index in [9.17, 15) is 12.8 Å². The zero-order valence-electron chi connectivity index (χ0n) is 10.2. The van der Waals surface area contributed by atoms with Gasteiger partial charge in [0.15, 0.2) is 0 Å². The summed E-state index contributed by atoms with van der Waals surface area (Å²) in [5.41, 5.74) is 0.368. The molecule has 0 fully saturated rings. The minimum atomic E-state index is -3.64. The molecule has 0 radical (unpaired) electrons. The van der Waals surface area contributed by atoms with E-state index in [0.29, 0.717) is 17.8 Å². The highest BCUT2D eigenvalue weighted by molar-refractivity contribution is 7.89. The van der Waals surface area contributed by atoms with Crippen LogP contribution in [0, 0.1) is 12.7 Å². The Labute approximate surface area is 110 Å². The van der Waals surface area contributed by atoms with E-state index < -0.39 is 15.8 Å². The Bertz CT molecular complexity index is 655. The molecule has 0 unspecified atom stereocenters. The maximum atomic E-state index is 12.9. The molecule has 0 amide bonds. The predicted octanol–water partition coefficient (Wildman–Crippen LogP) is 0.773. The number of aromatic amines is 1. The van der Waals surface area contributed by atoms with Crippen molar-refractivity contribution in [2.45, 2.75) is 18.2 Å². The van der Waals surface area contributed by atoms with E-state index in [0.717, 1.165) is 6.07 Å². The lowest BCUT2D eigenvalue weighted by atomic mass is 10.2. The molecule has 0 aliphatic rings. The predicted molar refractivity (Wildman–Crippen MR) is 66.4 cm³/mol. The van der Waals surface area contributed by atoms with Crippen LogP contribution in [0.5, 0.6) is 0 Å². The number of halogens is 1. The minimum Gasteiger partial charge on any atom is -0.263 e. The number of hydrogen-bond donors (Lipinski definition) is 2. The van der Waals surface area contributed by atoms with Crippen LogP contribution < -0.4 is 4.72 Å². The summed E-state index contributed by atoms with van der Waals surface area (Å²) in [5, 5.41) is 6.30. The lowest BCUT2D eigenvalue weighted by Crippen LogP contribution is -2.26. The fourth-order valence-corrected chi connectivity index (χ4v) is 2.90. The molecule has 0 atom stereocenters. The third-order valence-electron chi connectivity index (χ3n) is 2.55. The molecular weight excluding hydrogens is 271 g/mol. The molecule has 0 bridgehead atoms. The van der Waals surface area contributed by atoms with Gasteiger partial charge in [-0.2, -0.15) is 5.10 Å². The number of nitrogens with one attached hydrogen (secondary N) is 2. The van der Waals surface area contributed by atoms with Crippen LogP contribution in [0.15, 0.2) is 29.4 Å². The third kappa shape index (κ3) is 3.36. The molecule has 2 rings (SSSR count). The van der Waals surface area contributed by atoms with E-state index in [4.69, 9.17) is 0 Å². The third-order valence-corrected chi connectivity index (χ3v) is 4.17. The summed E-state index contributed by atoms with van der Waals surface area (Å²) in [6, 6.07) is 3.56. The van der Waals surface area contributed by atoms with Crippen LogP contribution in [0.1, 0.15) is 11.4 Å². The summed E-state index contributed by atoms with van der Waals surface area (Å²) in [6.45, 7) is 1.74. The summed E-state index contributed by atoms with van der Waals surface area (Å²) < 4.78 is 39.4. The zero-order chi connectivity index (χ0) is 13.9. The van der Waals surface area contributed by atoms with Gasteiger partial charge < -0.3 is 0 Å². The summed E-state index contributed by atoms with van der Waals surface area (Å²) in [7, 11) is -3.64. The Hall–Kier alpha value is -1.80. The number of rotatable bonds is 5. The number of benzene rings is 1.